The van der Waals surface area contributed by atoms with Crippen LogP contribution in [0.5, 0.6) is 0 Å². The SMILES string of the molecule is CC(C)c1ccccc1NC(=O)CCNCCc1c[nH]c2ccccc12. The summed E-state index contributed by atoms with van der Waals surface area (Å²) in [5, 5.41) is 7.68. The molecular weight excluding hydrogens is 322 g/mol. The van der Waals surface area contributed by atoms with Crippen LogP contribution in [0.2, 0.25) is 0 Å². The molecule has 0 fully saturated rings. The van der Waals surface area contributed by atoms with Crippen molar-refractivity contribution in [1.82, 2.24) is 10.3 Å². The van der Waals surface area contributed by atoms with Gasteiger partial charge in [0.2, 0.25) is 5.91 Å². The van der Waals surface area contributed by atoms with Crippen LogP contribution >= 0.6 is 0 Å². The molecule has 0 radical (unpaired) electrons. The van der Waals surface area contributed by atoms with E-state index in [4.69, 9.17) is 0 Å². The molecule has 0 bridgehead atoms. The Hall–Kier alpha value is -2.59. The first kappa shape index (κ1) is 18.2. The Morgan fingerprint density at radius 3 is 2.65 bits per heavy atom. The third-order valence-electron chi connectivity index (χ3n) is 4.63. The summed E-state index contributed by atoms with van der Waals surface area (Å²) in [5.74, 6) is 0.443. The highest BCUT2D eigenvalue weighted by Crippen LogP contribution is 2.23. The number of hydrogen-bond donors (Lipinski definition) is 3. The van der Waals surface area contributed by atoms with Gasteiger partial charge in [0.25, 0.3) is 0 Å². The van der Waals surface area contributed by atoms with E-state index in [9.17, 15) is 4.79 Å². The molecule has 1 heterocycles. The van der Waals surface area contributed by atoms with Crippen LogP contribution in [0, 0.1) is 0 Å². The Balaban J connectivity index is 1.42. The van der Waals surface area contributed by atoms with Crippen LogP contribution in [0.4, 0.5) is 5.69 Å². The van der Waals surface area contributed by atoms with Gasteiger partial charge in [-0.1, -0.05) is 50.2 Å². The lowest BCUT2D eigenvalue weighted by molar-refractivity contribution is -0.116. The van der Waals surface area contributed by atoms with Gasteiger partial charge in [-0.05, 0) is 42.1 Å². The fourth-order valence-electron chi connectivity index (χ4n) is 3.22. The quantitative estimate of drug-likeness (QED) is 0.526. The van der Waals surface area contributed by atoms with Gasteiger partial charge in [0, 0.05) is 35.8 Å². The van der Waals surface area contributed by atoms with Crippen molar-refractivity contribution in [2.24, 2.45) is 0 Å². The number of nitrogens with one attached hydrogen (secondary N) is 3. The number of aromatic amines is 1. The van der Waals surface area contributed by atoms with Crippen molar-refractivity contribution in [3.05, 3.63) is 65.9 Å². The predicted molar refractivity (Wildman–Crippen MR) is 109 cm³/mol. The van der Waals surface area contributed by atoms with Gasteiger partial charge in [0.1, 0.15) is 0 Å². The van der Waals surface area contributed by atoms with Crippen molar-refractivity contribution in [1.29, 1.82) is 0 Å². The second-order valence-corrected chi connectivity index (χ2v) is 6.90. The van der Waals surface area contributed by atoms with E-state index >= 15 is 0 Å². The summed E-state index contributed by atoms with van der Waals surface area (Å²) in [6.45, 7) is 5.81. The summed E-state index contributed by atoms with van der Waals surface area (Å²) in [7, 11) is 0. The summed E-state index contributed by atoms with van der Waals surface area (Å²) in [4.78, 5) is 15.5. The maximum absolute atomic E-state index is 12.2. The van der Waals surface area contributed by atoms with Crippen molar-refractivity contribution in [2.75, 3.05) is 18.4 Å². The topological polar surface area (TPSA) is 56.9 Å². The highest BCUT2D eigenvalue weighted by Gasteiger charge is 2.09. The average Bonchev–Trinajstić information content (AvgIpc) is 3.05. The number of amides is 1. The maximum Gasteiger partial charge on any atom is 0.225 e. The van der Waals surface area contributed by atoms with Crippen LogP contribution in [-0.2, 0) is 11.2 Å². The molecule has 0 aliphatic heterocycles. The van der Waals surface area contributed by atoms with Gasteiger partial charge in [-0.3, -0.25) is 4.79 Å². The molecule has 0 unspecified atom stereocenters. The monoisotopic (exact) mass is 349 g/mol. The molecule has 4 heteroatoms. The molecule has 3 aromatic rings. The number of H-pyrrole nitrogens is 1. The van der Waals surface area contributed by atoms with Crippen molar-refractivity contribution in [2.45, 2.75) is 32.6 Å². The number of carbonyl (C=O) groups excluding carboxylic acids is 1. The molecule has 0 saturated heterocycles. The van der Waals surface area contributed by atoms with Gasteiger partial charge in [0.05, 0.1) is 0 Å². The first-order chi connectivity index (χ1) is 12.6. The molecule has 1 amide bonds. The Morgan fingerprint density at radius 2 is 1.81 bits per heavy atom. The molecule has 0 spiro atoms. The zero-order chi connectivity index (χ0) is 18.4. The second-order valence-electron chi connectivity index (χ2n) is 6.90. The van der Waals surface area contributed by atoms with Gasteiger partial charge >= 0.3 is 0 Å². The minimum absolute atomic E-state index is 0.0534. The van der Waals surface area contributed by atoms with Gasteiger partial charge in [0.15, 0.2) is 0 Å². The molecule has 0 aliphatic rings. The first-order valence-electron chi connectivity index (χ1n) is 9.29. The van der Waals surface area contributed by atoms with E-state index in [1.54, 1.807) is 0 Å². The van der Waals surface area contributed by atoms with E-state index in [2.05, 4.69) is 59.9 Å². The minimum Gasteiger partial charge on any atom is -0.361 e. The number of aromatic nitrogens is 1. The number of hydrogen-bond acceptors (Lipinski definition) is 2. The lowest BCUT2D eigenvalue weighted by Crippen LogP contribution is -2.24. The summed E-state index contributed by atoms with van der Waals surface area (Å²) in [6.07, 6.45) is 3.49. The van der Waals surface area contributed by atoms with Crippen LogP contribution in [0.1, 0.15) is 37.3 Å². The second kappa shape index (κ2) is 8.68. The minimum atomic E-state index is 0.0534. The Bertz CT molecular complexity index is 866. The molecule has 26 heavy (non-hydrogen) atoms. The third-order valence-corrected chi connectivity index (χ3v) is 4.63. The Morgan fingerprint density at radius 1 is 1.04 bits per heavy atom. The van der Waals surface area contributed by atoms with Crippen molar-refractivity contribution in [3.8, 4) is 0 Å². The highest BCUT2D eigenvalue weighted by molar-refractivity contribution is 5.91. The molecule has 3 rings (SSSR count). The lowest BCUT2D eigenvalue weighted by Gasteiger charge is -2.13. The number of carbonyl (C=O) groups is 1. The van der Waals surface area contributed by atoms with E-state index in [1.165, 1.54) is 22.0 Å². The van der Waals surface area contributed by atoms with Crippen LogP contribution in [0.3, 0.4) is 0 Å². The van der Waals surface area contributed by atoms with Gasteiger partial charge < -0.3 is 15.6 Å². The Labute approximate surface area is 155 Å². The maximum atomic E-state index is 12.2. The van der Waals surface area contributed by atoms with Gasteiger partial charge in [-0.2, -0.15) is 0 Å². The van der Waals surface area contributed by atoms with E-state index < -0.39 is 0 Å². The molecule has 0 atom stereocenters. The largest absolute Gasteiger partial charge is 0.361 e. The molecule has 2 aromatic carbocycles. The van der Waals surface area contributed by atoms with Crippen molar-refractivity contribution in [3.63, 3.8) is 0 Å². The summed E-state index contributed by atoms with van der Waals surface area (Å²) in [5.41, 5.74) is 4.58. The molecule has 136 valence electrons. The molecule has 1 aromatic heterocycles. The molecule has 0 aliphatic carbocycles. The number of fused-ring (bicyclic) bond motifs is 1. The van der Waals surface area contributed by atoms with E-state index in [-0.39, 0.29) is 5.91 Å². The van der Waals surface area contributed by atoms with Crippen LogP contribution < -0.4 is 10.6 Å². The fraction of sp³-hybridized carbons (Fsp3) is 0.318. The smallest absolute Gasteiger partial charge is 0.225 e. The number of benzene rings is 2. The van der Waals surface area contributed by atoms with E-state index in [0.717, 1.165) is 18.7 Å². The number of rotatable bonds is 8. The highest BCUT2D eigenvalue weighted by atomic mass is 16.1. The Kier molecular flexibility index (Phi) is 6.08. The zero-order valence-electron chi connectivity index (χ0n) is 15.5. The van der Waals surface area contributed by atoms with E-state index in [0.29, 0.717) is 18.9 Å². The van der Waals surface area contributed by atoms with Crippen LogP contribution in [-0.4, -0.2) is 24.0 Å². The molecular formula is C22H27N3O. The number of anilines is 1. The number of para-hydroxylation sites is 2. The van der Waals surface area contributed by atoms with Crippen molar-refractivity contribution >= 4 is 22.5 Å². The zero-order valence-corrected chi connectivity index (χ0v) is 15.5. The third kappa shape index (κ3) is 4.52. The lowest BCUT2D eigenvalue weighted by atomic mass is 10.0. The molecule has 3 N–H and O–H groups in total. The molecule has 0 saturated carbocycles. The van der Waals surface area contributed by atoms with Crippen LogP contribution in [0.25, 0.3) is 10.9 Å². The normalized spacial score (nSPS) is 11.2. The van der Waals surface area contributed by atoms with Gasteiger partial charge in [-0.15, -0.1) is 0 Å². The average molecular weight is 349 g/mol. The first-order valence-corrected chi connectivity index (χ1v) is 9.29. The van der Waals surface area contributed by atoms with E-state index in [1.807, 2.05) is 24.3 Å². The summed E-state index contributed by atoms with van der Waals surface area (Å²) < 4.78 is 0. The fourth-order valence-corrected chi connectivity index (χ4v) is 3.22. The van der Waals surface area contributed by atoms with Crippen molar-refractivity contribution < 1.29 is 4.79 Å². The standard InChI is InChI=1S/C22H27N3O/c1-16(2)18-7-3-6-10-21(18)25-22(26)12-14-23-13-11-17-15-24-20-9-5-4-8-19(17)20/h3-10,15-16,23-24H,11-14H2,1-2H3,(H,25,26). The van der Waals surface area contributed by atoms with Crippen LogP contribution in [0.15, 0.2) is 54.7 Å². The summed E-state index contributed by atoms with van der Waals surface area (Å²) >= 11 is 0. The molecule has 4 nitrogen and oxygen atoms in total. The van der Waals surface area contributed by atoms with Gasteiger partial charge in [-0.25, -0.2) is 0 Å². The predicted octanol–water partition coefficient (Wildman–Crippen LogP) is 4.45. The summed E-state index contributed by atoms with van der Waals surface area (Å²) in [6, 6.07) is 16.3.